The summed E-state index contributed by atoms with van der Waals surface area (Å²) in [6.07, 6.45) is 5.22. The van der Waals surface area contributed by atoms with E-state index in [1.807, 2.05) is 24.8 Å². The maximum Gasteiger partial charge on any atom is 0.252 e. The highest BCUT2D eigenvalue weighted by molar-refractivity contribution is 8.00. The van der Waals surface area contributed by atoms with E-state index >= 15 is 0 Å². The van der Waals surface area contributed by atoms with Gasteiger partial charge < -0.3 is 0 Å². The lowest BCUT2D eigenvalue weighted by atomic mass is 10.0. The Labute approximate surface area is 111 Å². The second kappa shape index (κ2) is 4.33. The van der Waals surface area contributed by atoms with Gasteiger partial charge in [-0.3, -0.25) is 4.79 Å². The smallest absolute Gasteiger partial charge is 0.252 e. The Hall–Kier alpha value is -0.470. The van der Waals surface area contributed by atoms with E-state index in [0.717, 1.165) is 16.7 Å². The van der Waals surface area contributed by atoms with Crippen molar-refractivity contribution < 1.29 is 4.79 Å². The molecule has 2 fully saturated rings. The van der Waals surface area contributed by atoms with Crippen LogP contribution in [-0.4, -0.2) is 10.5 Å². The fourth-order valence-electron chi connectivity index (χ4n) is 2.15. The minimum atomic E-state index is -0.331. The van der Waals surface area contributed by atoms with E-state index < -0.39 is 0 Å². The molecule has 2 saturated carbocycles. The van der Waals surface area contributed by atoms with Crippen molar-refractivity contribution in [2.24, 2.45) is 0 Å². The molecule has 1 aromatic carbocycles. The molecule has 0 bridgehead atoms. The van der Waals surface area contributed by atoms with Crippen molar-refractivity contribution in [3.8, 4) is 0 Å². The molecule has 1 nitrogen and oxygen atoms in total. The largest absolute Gasteiger partial charge is 0.276 e. The lowest BCUT2D eigenvalue weighted by Crippen LogP contribution is -1.99. The lowest BCUT2D eigenvalue weighted by Gasteiger charge is -2.13. The van der Waals surface area contributed by atoms with Gasteiger partial charge in [0.1, 0.15) is 0 Å². The molecule has 0 saturated heterocycles. The summed E-state index contributed by atoms with van der Waals surface area (Å²) in [5.74, 6) is 0.731. The molecule has 0 aromatic heterocycles. The van der Waals surface area contributed by atoms with Gasteiger partial charge in [-0.25, -0.2) is 0 Å². The first kappa shape index (κ1) is 11.6. The summed E-state index contributed by atoms with van der Waals surface area (Å²) in [6.45, 7) is 2.03. The molecule has 0 unspecified atom stereocenters. The number of carbonyl (C=O) groups is 1. The fraction of sp³-hybridized carbons (Fsp3) is 0.500. The summed E-state index contributed by atoms with van der Waals surface area (Å²) in [5, 5.41) is 0.439. The molecule has 90 valence electrons. The molecule has 3 heteroatoms. The number of thioether (sulfide) groups is 1. The van der Waals surface area contributed by atoms with Crippen LogP contribution in [-0.2, 0) is 0 Å². The van der Waals surface area contributed by atoms with Gasteiger partial charge in [0.2, 0.25) is 0 Å². The third-order valence-electron chi connectivity index (χ3n) is 3.47. The van der Waals surface area contributed by atoms with E-state index in [0.29, 0.717) is 5.56 Å². The molecular weight excluding hydrogens is 252 g/mol. The standard InChI is InChI=1S/C14H15ClOS/c1-8-11(14(15)16)6-7-12(9-2-3-9)13(8)17-10-4-5-10/h6-7,9-10H,2-5H2,1H3. The summed E-state index contributed by atoms with van der Waals surface area (Å²) in [5.41, 5.74) is 3.21. The van der Waals surface area contributed by atoms with Crippen LogP contribution in [0.1, 0.15) is 53.1 Å². The zero-order valence-electron chi connectivity index (χ0n) is 9.83. The normalized spacial score (nSPS) is 19.4. The molecule has 2 aliphatic carbocycles. The van der Waals surface area contributed by atoms with Crippen LogP contribution in [0.4, 0.5) is 0 Å². The number of hydrogen-bond donors (Lipinski definition) is 0. The topological polar surface area (TPSA) is 17.1 Å². The quantitative estimate of drug-likeness (QED) is 0.746. The highest BCUT2D eigenvalue weighted by Crippen LogP contribution is 2.49. The zero-order chi connectivity index (χ0) is 12.0. The monoisotopic (exact) mass is 266 g/mol. The summed E-state index contributed by atoms with van der Waals surface area (Å²) in [7, 11) is 0. The SMILES string of the molecule is Cc1c(C(=O)Cl)ccc(C2CC2)c1SC1CC1. The number of carbonyl (C=O) groups excluding carboxylic acids is 1. The highest BCUT2D eigenvalue weighted by atomic mass is 35.5. The number of benzene rings is 1. The maximum absolute atomic E-state index is 11.4. The predicted molar refractivity (Wildman–Crippen MR) is 72.2 cm³/mol. The minimum absolute atomic E-state index is 0.331. The van der Waals surface area contributed by atoms with Gasteiger partial charge in [-0.1, -0.05) is 6.07 Å². The fourth-order valence-corrected chi connectivity index (χ4v) is 3.72. The van der Waals surface area contributed by atoms with Crippen LogP contribution in [0, 0.1) is 6.92 Å². The minimum Gasteiger partial charge on any atom is -0.276 e. The van der Waals surface area contributed by atoms with Crippen molar-refractivity contribution in [2.75, 3.05) is 0 Å². The second-order valence-corrected chi connectivity index (χ2v) is 6.68. The zero-order valence-corrected chi connectivity index (χ0v) is 11.4. The summed E-state index contributed by atoms with van der Waals surface area (Å²) < 4.78 is 0. The van der Waals surface area contributed by atoms with Gasteiger partial charge in [0.15, 0.2) is 0 Å². The average molecular weight is 267 g/mol. The molecular formula is C14H15ClOS. The van der Waals surface area contributed by atoms with Crippen LogP contribution >= 0.6 is 23.4 Å². The summed E-state index contributed by atoms with van der Waals surface area (Å²) in [6, 6.07) is 4.01. The Balaban J connectivity index is 2.03. The number of hydrogen-bond acceptors (Lipinski definition) is 2. The first-order valence-electron chi connectivity index (χ1n) is 6.17. The molecule has 0 radical (unpaired) electrons. The van der Waals surface area contributed by atoms with Crippen LogP contribution in [0.15, 0.2) is 17.0 Å². The van der Waals surface area contributed by atoms with E-state index in [1.54, 1.807) is 0 Å². The summed E-state index contributed by atoms with van der Waals surface area (Å²) >= 11 is 7.58. The van der Waals surface area contributed by atoms with Crippen LogP contribution < -0.4 is 0 Å². The Kier molecular flexibility index (Phi) is 2.95. The third-order valence-corrected chi connectivity index (χ3v) is 5.26. The van der Waals surface area contributed by atoms with Gasteiger partial charge >= 0.3 is 0 Å². The van der Waals surface area contributed by atoms with Gasteiger partial charge in [-0.2, -0.15) is 0 Å². The third kappa shape index (κ3) is 2.38. The van der Waals surface area contributed by atoms with Gasteiger partial charge in [-0.05, 0) is 67.3 Å². The van der Waals surface area contributed by atoms with Crippen molar-refractivity contribution >= 4 is 28.6 Å². The Morgan fingerprint density at radius 1 is 1.29 bits per heavy atom. The van der Waals surface area contributed by atoms with Crippen LogP contribution in [0.25, 0.3) is 0 Å². The van der Waals surface area contributed by atoms with E-state index in [-0.39, 0.29) is 5.24 Å². The molecule has 0 aliphatic heterocycles. The van der Waals surface area contributed by atoms with Crippen molar-refractivity contribution in [1.29, 1.82) is 0 Å². The molecule has 0 atom stereocenters. The predicted octanol–water partition coefficient (Wildman–Crippen LogP) is 4.51. The number of rotatable bonds is 4. The van der Waals surface area contributed by atoms with Crippen LogP contribution in [0.2, 0.25) is 0 Å². The number of halogens is 1. The van der Waals surface area contributed by atoms with Crippen molar-refractivity contribution in [3.05, 3.63) is 28.8 Å². The van der Waals surface area contributed by atoms with Crippen LogP contribution in [0.3, 0.4) is 0 Å². The first-order chi connectivity index (χ1) is 8.16. The molecule has 1 aromatic rings. The van der Waals surface area contributed by atoms with Gasteiger partial charge in [0, 0.05) is 15.7 Å². The molecule has 0 N–H and O–H groups in total. The Bertz CT molecular complexity index is 475. The molecule has 0 spiro atoms. The molecule has 0 heterocycles. The lowest BCUT2D eigenvalue weighted by molar-refractivity contribution is 0.108. The van der Waals surface area contributed by atoms with E-state index in [4.69, 9.17) is 11.6 Å². The Morgan fingerprint density at radius 2 is 2.00 bits per heavy atom. The molecule has 17 heavy (non-hydrogen) atoms. The average Bonchev–Trinajstić information content (AvgIpc) is 3.14. The van der Waals surface area contributed by atoms with Crippen molar-refractivity contribution in [2.45, 2.75) is 48.7 Å². The second-order valence-electron chi connectivity index (χ2n) is 5.02. The van der Waals surface area contributed by atoms with E-state index in [2.05, 4.69) is 6.07 Å². The van der Waals surface area contributed by atoms with Gasteiger partial charge in [0.05, 0.1) is 0 Å². The van der Waals surface area contributed by atoms with E-state index in [9.17, 15) is 4.79 Å². The molecule has 2 aliphatic rings. The van der Waals surface area contributed by atoms with Gasteiger partial charge in [-0.15, -0.1) is 11.8 Å². The van der Waals surface area contributed by atoms with Crippen molar-refractivity contribution in [3.63, 3.8) is 0 Å². The molecule has 0 amide bonds. The van der Waals surface area contributed by atoms with E-state index in [1.165, 1.54) is 36.1 Å². The van der Waals surface area contributed by atoms with Gasteiger partial charge in [0.25, 0.3) is 5.24 Å². The Morgan fingerprint density at radius 3 is 2.53 bits per heavy atom. The summed E-state index contributed by atoms with van der Waals surface area (Å²) in [4.78, 5) is 12.7. The van der Waals surface area contributed by atoms with Crippen molar-refractivity contribution in [1.82, 2.24) is 0 Å². The molecule has 3 rings (SSSR count). The van der Waals surface area contributed by atoms with Crippen LogP contribution in [0.5, 0.6) is 0 Å². The highest BCUT2D eigenvalue weighted by Gasteiger charge is 2.31. The first-order valence-corrected chi connectivity index (χ1v) is 7.42. The maximum atomic E-state index is 11.4.